The van der Waals surface area contributed by atoms with Crippen molar-refractivity contribution in [2.24, 2.45) is 14.1 Å². The molecule has 0 spiro atoms. The Hall–Kier alpha value is -3.62. The predicted octanol–water partition coefficient (Wildman–Crippen LogP) is 0.203. The van der Waals surface area contributed by atoms with Gasteiger partial charge in [0.2, 0.25) is 11.8 Å². The van der Waals surface area contributed by atoms with E-state index in [4.69, 9.17) is 4.74 Å². The third-order valence-electron chi connectivity index (χ3n) is 4.01. The molecule has 9 heteroatoms. The number of nitrogens with zero attached hydrogens (tertiary/aromatic N) is 3. The van der Waals surface area contributed by atoms with E-state index in [0.29, 0.717) is 11.4 Å². The first-order valence-electron chi connectivity index (χ1n) is 8.36. The highest BCUT2D eigenvalue weighted by Crippen LogP contribution is 2.14. The first kappa shape index (κ1) is 20.7. The number of carbonyl (C=O) groups excluding carboxylic acids is 2. The van der Waals surface area contributed by atoms with Crippen LogP contribution in [0.3, 0.4) is 0 Å². The maximum absolute atomic E-state index is 12.2. The fourth-order valence-electron chi connectivity index (χ4n) is 2.41. The largest absolute Gasteiger partial charge is 0.497 e. The van der Waals surface area contributed by atoms with Gasteiger partial charge in [-0.05, 0) is 30.3 Å². The monoisotopic (exact) mass is 386 g/mol. The van der Waals surface area contributed by atoms with E-state index in [-0.39, 0.29) is 18.0 Å². The van der Waals surface area contributed by atoms with E-state index in [0.717, 1.165) is 4.57 Å². The maximum Gasteiger partial charge on any atom is 0.330 e. The van der Waals surface area contributed by atoms with Crippen LogP contribution in [0.2, 0.25) is 0 Å². The molecule has 1 aromatic carbocycles. The number of benzene rings is 1. The van der Waals surface area contributed by atoms with Crippen LogP contribution in [0.25, 0.3) is 6.08 Å². The third-order valence-corrected chi connectivity index (χ3v) is 4.01. The molecule has 148 valence electrons. The zero-order valence-electron chi connectivity index (χ0n) is 16.1. The zero-order chi connectivity index (χ0) is 20.8. The van der Waals surface area contributed by atoms with Crippen molar-refractivity contribution >= 4 is 23.6 Å². The summed E-state index contributed by atoms with van der Waals surface area (Å²) in [6, 6.07) is 6.80. The van der Waals surface area contributed by atoms with Crippen LogP contribution in [0.4, 0.5) is 5.69 Å². The van der Waals surface area contributed by atoms with E-state index >= 15 is 0 Å². The summed E-state index contributed by atoms with van der Waals surface area (Å²) in [4.78, 5) is 49.2. The van der Waals surface area contributed by atoms with Crippen LogP contribution in [0.15, 0.2) is 46.1 Å². The van der Waals surface area contributed by atoms with E-state index < -0.39 is 17.2 Å². The summed E-state index contributed by atoms with van der Waals surface area (Å²) in [7, 11) is 5.89. The number of ether oxygens (including phenoxy) is 1. The molecule has 1 aromatic heterocycles. The Morgan fingerprint density at radius 1 is 1.18 bits per heavy atom. The second kappa shape index (κ2) is 8.85. The molecule has 0 saturated carbocycles. The number of anilines is 1. The first-order chi connectivity index (χ1) is 13.2. The second-order valence-electron chi connectivity index (χ2n) is 6.15. The number of nitrogens with one attached hydrogen (secondary N) is 1. The molecule has 1 N–H and O–H groups in total. The lowest BCUT2D eigenvalue weighted by Gasteiger charge is -2.15. The fraction of sp³-hybridized carbons (Fsp3) is 0.263. The standard InChI is InChI=1S/C19H22N4O5/c1-21(12-16(24)20-14-6-8-15(28-4)9-7-14)17(25)10-5-13-11-22(2)19(27)23(3)18(13)26/h5-11H,12H2,1-4H3,(H,20,24)/b10-5+. The summed E-state index contributed by atoms with van der Waals surface area (Å²) in [5, 5.41) is 2.68. The number of carbonyl (C=O) groups is 2. The van der Waals surface area contributed by atoms with Crippen molar-refractivity contribution in [1.82, 2.24) is 14.0 Å². The van der Waals surface area contributed by atoms with Crippen LogP contribution >= 0.6 is 0 Å². The molecular weight excluding hydrogens is 364 g/mol. The molecule has 0 bridgehead atoms. The van der Waals surface area contributed by atoms with E-state index in [1.165, 1.54) is 49.0 Å². The Kier molecular flexibility index (Phi) is 6.54. The highest BCUT2D eigenvalue weighted by molar-refractivity contribution is 5.97. The number of likely N-dealkylation sites (N-methyl/N-ethyl adjacent to an activating group) is 1. The van der Waals surface area contributed by atoms with Gasteiger partial charge in [-0.3, -0.25) is 19.0 Å². The molecule has 9 nitrogen and oxygen atoms in total. The van der Waals surface area contributed by atoms with Gasteiger partial charge >= 0.3 is 5.69 Å². The normalized spacial score (nSPS) is 10.7. The molecule has 28 heavy (non-hydrogen) atoms. The molecule has 1 heterocycles. The Morgan fingerprint density at radius 2 is 1.82 bits per heavy atom. The summed E-state index contributed by atoms with van der Waals surface area (Å²) >= 11 is 0. The minimum atomic E-state index is -0.507. The molecule has 0 unspecified atom stereocenters. The molecule has 0 aliphatic rings. The lowest BCUT2D eigenvalue weighted by atomic mass is 10.3. The molecule has 0 fully saturated rings. The Bertz CT molecular complexity index is 1020. The molecule has 2 rings (SSSR count). The second-order valence-corrected chi connectivity index (χ2v) is 6.15. The van der Waals surface area contributed by atoms with Crippen LogP contribution in [0.1, 0.15) is 5.56 Å². The van der Waals surface area contributed by atoms with Gasteiger partial charge in [0, 0.05) is 39.1 Å². The average molecular weight is 386 g/mol. The van der Waals surface area contributed by atoms with Gasteiger partial charge in [0.25, 0.3) is 5.56 Å². The Labute approximate surface area is 161 Å². The van der Waals surface area contributed by atoms with Crippen LogP contribution in [-0.2, 0) is 23.7 Å². The number of hydrogen-bond acceptors (Lipinski definition) is 5. The van der Waals surface area contributed by atoms with E-state index in [1.807, 2.05) is 0 Å². The Balaban J connectivity index is 2.00. The molecule has 0 radical (unpaired) electrons. The Morgan fingerprint density at radius 3 is 2.43 bits per heavy atom. The number of hydrogen-bond donors (Lipinski definition) is 1. The smallest absolute Gasteiger partial charge is 0.330 e. The van der Waals surface area contributed by atoms with Crippen LogP contribution < -0.4 is 21.3 Å². The van der Waals surface area contributed by atoms with Gasteiger partial charge in [-0.2, -0.15) is 0 Å². The minimum absolute atomic E-state index is 0.166. The number of aromatic nitrogens is 2. The molecule has 0 aliphatic carbocycles. The van der Waals surface area contributed by atoms with E-state index in [1.54, 1.807) is 31.4 Å². The molecule has 2 amide bonds. The van der Waals surface area contributed by atoms with Crippen LogP contribution in [0.5, 0.6) is 5.75 Å². The number of methoxy groups -OCH3 is 1. The van der Waals surface area contributed by atoms with Gasteiger partial charge in [0.1, 0.15) is 5.75 Å². The average Bonchev–Trinajstić information content (AvgIpc) is 2.68. The summed E-state index contributed by atoms with van der Waals surface area (Å²) in [5.41, 5.74) is -0.197. The topological polar surface area (TPSA) is 103 Å². The number of amides is 2. The van der Waals surface area contributed by atoms with Gasteiger partial charge in [-0.25, -0.2) is 4.79 Å². The lowest BCUT2D eigenvalue weighted by Crippen LogP contribution is -2.37. The van der Waals surface area contributed by atoms with E-state index in [2.05, 4.69) is 5.32 Å². The zero-order valence-corrected chi connectivity index (χ0v) is 16.1. The number of rotatable bonds is 6. The number of aryl methyl sites for hydroxylation is 1. The maximum atomic E-state index is 12.2. The first-order valence-corrected chi connectivity index (χ1v) is 8.36. The van der Waals surface area contributed by atoms with Crippen molar-refractivity contribution in [3.63, 3.8) is 0 Å². The van der Waals surface area contributed by atoms with Gasteiger partial charge < -0.3 is 19.5 Å². The van der Waals surface area contributed by atoms with E-state index in [9.17, 15) is 19.2 Å². The van der Waals surface area contributed by atoms with Crippen molar-refractivity contribution in [3.05, 3.63) is 62.9 Å². The van der Waals surface area contributed by atoms with Crippen molar-refractivity contribution in [2.45, 2.75) is 0 Å². The van der Waals surface area contributed by atoms with Gasteiger partial charge in [-0.15, -0.1) is 0 Å². The summed E-state index contributed by atoms with van der Waals surface area (Å²) in [6.45, 7) is -0.166. The van der Waals surface area contributed by atoms with Crippen molar-refractivity contribution in [2.75, 3.05) is 26.0 Å². The lowest BCUT2D eigenvalue weighted by molar-refractivity contribution is -0.129. The van der Waals surface area contributed by atoms with Crippen LogP contribution in [-0.4, -0.2) is 46.6 Å². The molecule has 0 atom stereocenters. The SMILES string of the molecule is COc1ccc(NC(=O)CN(C)C(=O)/C=C/c2cn(C)c(=O)n(C)c2=O)cc1. The summed E-state index contributed by atoms with van der Waals surface area (Å²) in [5.74, 6) is -0.159. The summed E-state index contributed by atoms with van der Waals surface area (Å²) < 4.78 is 7.25. The minimum Gasteiger partial charge on any atom is -0.497 e. The summed E-state index contributed by atoms with van der Waals surface area (Å²) in [6.07, 6.45) is 3.86. The molecular formula is C19H22N4O5. The van der Waals surface area contributed by atoms with Crippen LogP contribution in [0, 0.1) is 0 Å². The molecule has 2 aromatic rings. The highest BCUT2D eigenvalue weighted by atomic mass is 16.5. The van der Waals surface area contributed by atoms with Gasteiger partial charge in [-0.1, -0.05) is 0 Å². The molecule has 0 saturated heterocycles. The van der Waals surface area contributed by atoms with Crippen molar-refractivity contribution in [1.29, 1.82) is 0 Å². The van der Waals surface area contributed by atoms with Gasteiger partial charge in [0.05, 0.1) is 19.2 Å². The molecule has 0 aliphatic heterocycles. The third kappa shape index (κ3) is 4.97. The van der Waals surface area contributed by atoms with Crippen molar-refractivity contribution < 1.29 is 14.3 Å². The predicted molar refractivity (Wildman–Crippen MR) is 105 cm³/mol. The quantitative estimate of drug-likeness (QED) is 0.715. The fourth-order valence-corrected chi connectivity index (χ4v) is 2.41. The highest BCUT2D eigenvalue weighted by Gasteiger charge is 2.11. The van der Waals surface area contributed by atoms with Gasteiger partial charge in [0.15, 0.2) is 0 Å². The van der Waals surface area contributed by atoms with Crippen molar-refractivity contribution in [3.8, 4) is 5.75 Å².